The van der Waals surface area contributed by atoms with Crippen molar-refractivity contribution in [1.82, 2.24) is 0 Å². The fraction of sp³-hybridized carbons (Fsp3) is 0.600. The van der Waals surface area contributed by atoms with Crippen LogP contribution in [0.3, 0.4) is 0 Å². The molecule has 0 aromatic rings. The summed E-state index contributed by atoms with van der Waals surface area (Å²) < 4.78 is 10.6. The van der Waals surface area contributed by atoms with Gasteiger partial charge in [0.2, 0.25) is 0 Å². The Bertz CT molecular complexity index is 510. The SMILES string of the molecule is C=CC12COC(=O)C(=C)C1C1OC(=O)C(C)C1C(O)C2. The number of cyclic esters (lactones) is 1. The van der Waals surface area contributed by atoms with E-state index in [1.54, 1.807) is 13.0 Å². The minimum absolute atomic E-state index is 0.144. The molecule has 5 heteroatoms. The molecule has 0 amide bonds. The first-order chi connectivity index (χ1) is 9.41. The van der Waals surface area contributed by atoms with Gasteiger partial charge < -0.3 is 14.6 Å². The first-order valence-corrected chi connectivity index (χ1v) is 6.79. The molecule has 0 aromatic carbocycles. The van der Waals surface area contributed by atoms with Crippen LogP contribution in [0.1, 0.15) is 13.3 Å². The molecular formula is C15H18O5. The first-order valence-electron chi connectivity index (χ1n) is 6.79. The smallest absolute Gasteiger partial charge is 0.333 e. The summed E-state index contributed by atoms with van der Waals surface area (Å²) in [6.45, 7) is 9.53. The van der Waals surface area contributed by atoms with Crippen LogP contribution in [0.25, 0.3) is 0 Å². The highest BCUT2D eigenvalue weighted by Crippen LogP contribution is 2.55. The number of fused-ring (bicyclic) bond motifs is 3. The molecule has 2 aliphatic heterocycles. The van der Waals surface area contributed by atoms with Crippen LogP contribution in [-0.4, -0.2) is 35.9 Å². The van der Waals surface area contributed by atoms with Gasteiger partial charge in [0.15, 0.2) is 0 Å². The summed E-state index contributed by atoms with van der Waals surface area (Å²) in [5.74, 6) is -1.82. The summed E-state index contributed by atoms with van der Waals surface area (Å²) >= 11 is 0. The second-order valence-corrected chi connectivity index (χ2v) is 6.06. The average Bonchev–Trinajstić information content (AvgIpc) is 2.70. The van der Waals surface area contributed by atoms with Crippen molar-refractivity contribution in [2.24, 2.45) is 23.2 Å². The van der Waals surface area contributed by atoms with Gasteiger partial charge in [0.1, 0.15) is 12.7 Å². The summed E-state index contributed by atoms with van der Waals surface area (Å²) in [5.41, 5.74) is -0.296. The lowest BCUT2D eigenvalue weighted by atomic mass is 9.57. The van der Waals surface area contributed by atoms with Crippen LogP contribution < -0.4 is 0 Å². The minimum Gasteiger partial charge on any atom is -0.461 e. The molecule has 5 nitrogen and oxygen atoms in total. The lowest BCUT2D eigenvalue weighted by Gasteiger charge is -2.51. The van der Waals surface area contributed by atoms with E-state index in [4.69, 9.17) is 9.47 Å². The maximum Gasteiger partial charge on any atom is 0.333 e. The molecule has 6 unspecified atom stereocenters. The standard InChI is InChI=1S/C15H18O5/c1-4-15-5-9(16)10-7(2)14(18)20-12(10)11(15)8(3)13(17)19-6-15/h4,7,9-12,16H,1,3,5-6H2,2H3. The quantitative estimate of drug-likeness (QED) is 0.437. The van der Waals surface area contributed by atoms with Gasteiger partial charge in [-0.25, -0.2) is 4.79 Å². The third-order valence-corrected chi connectivity index (χ3v) is 5.08. The number of hydrogen-bond donors (Lipinski definition) is 1. The van der Waals surface area contributed by atoms with Crippen molar-refractivity contribution in [2.75, 3.05) is 6.61 Å². The minimum atomic E-state index is -0.680. The molecule has 0 aromatic heterocycles. The summed E-state index contributed by atoms with van der Waals surface area (Å²) in [4.78, 5) is 23.6. The van der Waals surface area contributed by atoms with E-state index in [1.807, 2.05) is 0 Å². The number of esters is 2. The largest absolute Gasteiger partial charge is 0.461 e. The maximum atomic E-state index is 11.8. The zero-order chi connectivity index (χ0) is 14.7. The lowest BCUT2D eigenvalue weighted by Crippen LogP contribution is -2.57. The van der Waals surface area contributed by atoms with Gasteiger partial charge in [0, 0.05) is 22.8 Å². The summed E-state index contributed by atoms with van der Waals surface area (Å²) in [6.07, 6.45) is 0.890. The van der Waals surface area contributed by atoms with Crippen molar-refractivity contribution in [3.05, 3.63) is 24.8 Å². The van der Waals surface area contributed by atoms with Gasteiger partial charge in [-0.1, -0.05) is 19.6 Å². The molecule has 1 N–H and O–H groups in total. The molecule has 2 saturated heterocycles. The predicted octanol–water partition coefficient (Wildman–Crippen LogP) is 0.830. The van der Waals surface area contributed by atoms with Crippen LogP contribution in [0.4, 0.5) is 0 Å². The first kappa shape index (κ1) is 13.4. The normalized spacial score (nSPS) is 47.1. The Hall–Kier alpha value is -1.62. The van der Waals surface area contributed by atoms with Gasteiger partial charge in [-0.2, -0.15) is 0 Å². The Kier molecular flexibility index (Phi) is 2.80. The van der Waals surface area contributed by atoms with Crippen LogP contribution in [0.5, 0.6) is 0 Å². The van der Waals surface area contributed by atoms with Crippen molar-refractivity contribution < 1.29 is 24.2 Å². The molecule has 108 valence electrons. The molecule has 0 radical (unpaired) electrons. The summed E-state index contributed by atoms with van der Waals surface area (Å²) in [5, 5.41) is 10.4. The lowest BCUT2D eigenvalue weighted by molar-refractivity contribution is -0.168. The van der Waals surface area contributed by atoms with Crippen molar-refractivity contribution in [1.29, 1.82) is 0 Å². The number of ether oxygens (including phenoxy) is 2. The second kappa shape index (κ2) is 4.19. The number of carbonyl (C=O) groups excluding carboxylic acids is 2. The van der Waals surface area contributed by atoms with Gasteiger partial charge >= 0.3 is 11.9 Å². The van der Waals surface area contributed by atoms with E-state index in [2.05, 4.69) is 13.2 Å². The molecule has 1 saturated carbocycles. The van der Waals surface area contributed by atoms with Crippen LogP contribution in [0, 0.1) is 23.2 Å². The molecule has 1 aliphatic carbocycles. The topological polar surface area (TPSA) is 72.8 Å². The number of aliphatic hydroxyl groups excluding tert-OH is 1. The monoisotopic (exact) mass is 278 g/mol. The predicted molar refractivity (Wildman–Crippen MR) is 69.4 cm³/mol. The van der Waals surface area contributed by atoms with Crippen molar-refractivity contribution in [2.45, 2.75) is 25.6 Å². The number of aliphatic hydroxyl groups is 1. The Morgan fingerprint density at radius 2 is 2.15 bits per heavy atom. The fourth-order valence-corrected chi connectivity index (χ4v) is 3.97. The molecule has 3 rings (SSSR count). The van der Waals surface area contributed by atoms with Crippen LogP contribution in [0.2, 0.25) is 0 Å². The van der Waals surface area contributed by atoms with Gasteiger partial charge in [-0.3, -0.25) is 4.79 Å². The number of hydrogen-bond acceptors (Lipinski definition) is 5. The second-order valence-electron chi connectivity index (χ2n) is 6.06. The zero-order valence-electron chi connectivity index (χ0n) is 11.4. The highest BCUT2D eigenvalue weighted by Gasteiger charge is 2.62. The summed E-state index contributed by atoms with van der Waals surface area (Å²) in [6, 6.07) is 0. The Balaban J connectivity index is 2.07. The van der Waals surface area contributed by atoms with E-state index in [1.165, 1.54) is 0 Å². The van der Waals surface area contributed by atoms with Crippen LogP contribution in [0.15, 0.2) is 24.8 Å². The number of rotatable bonds is 1. The molecule has 0 bridgehead atoms. The molecule has 0 spiro atoms. The van der Waals surface area contributed by atoms with Gasteiger partial charge in [0.25, 0.3) is 0 Å². The highest BCUT2D eigenvalue weighted by molar-refractivity contribution is 5.90. The van der Waals surface area contributed by atoms with E-state index in [0.717, 1.165) is 0 Å². The van der Waals surface area contributed by atoms with E-state index in [0.29, 0.717) is 12.0 Å². The van der Waals surface area contributed by atoms with Gasteiger partial charge in [-0.15, -0.1) is 6.58 Å². The molecule has 6 atom stereocenters. The van der Waals surface area contributed by atoms with Crippen molar-refractivity contribution >= 4 is 11.9 Å². The fourth-order valence-electron chi connectivity index (χ4n) is 3.97. The van der Waals surface area contributed by atoms with E-state index in [9.17, 15) is 14.7 Å². The third kappa shape index (κ3) is 1.53. The van der Waals surface area contributed by atoms with Crippen LogP contribution in [-0.2, 0) is 19.1 Å². The zero-order valence-corrected chi connectivity index (χ0v) is 11.4. The van der Waals surface area contributed by atoms with Crippen molar-refractivity contribution in [3.63, 3.8) is 0 Å². The molecule has 3 fully saturated rings. The molecule has 3 aliphatic rings. The Labute approximate surface area is 117 Å². The third-order valence-electron chi connectivity index (χ3n) is 5.08. The molecular weight excluding hydrogens is 260 g/mol. The van der Waals surface area contributed by atoms with Crippen molar-refractivity contribution in [3.8, 4) is 0 Å². The van der Waals surface area contributed by atoms with E-state index < -0.39 is 23.6 Å². The average molecular weight is 278 g/mol. The van der Waals surface area contributed by atoms with Gasteiger partial charge in [-0.05, 0) is 6.42 Å². The Morgan fingerprint density at radius 3 is 2.80 bits per heavy atom. The molecule has 20 heavy (non-hydrogen) atoms. The summed E-state index contributed by atoms with van der Waals surface area (Å²) in [7, 11) is 0. The van der Waals surface area contributed by atoms with E-state index in [-0.39, 0.29) is 30.3 Å². The number of carbonyl (C=O) groups is 2. The highest BCUT2D eigenvalue weighted by atomic mass is 16.6. The van der Waals surface area contributed by atoms with E-state index >= 15 is 0 Å². The van der Waals surface area contributed by atoms with Crippen LogP contribution >= 0.6 is 0 Å². The Morgan fingerprint density at radius 1 is 1.45 bits per heavy atom. The maximum absolute atomic E-state index is 11.8. The van der Waals surface area contributed by atoms with Gasteiger partial charge in [0.05, 0.1) is 12.0 Å². The molecule has 2 heterocycles.